The Balaban J connectivity index is 3.13. The van der Waals surface area contributed by atoms with E-state index in [2.05, 4.69) is 10.3 Å². The number of rotatable bonds is 3. The van der Waals surface area contributed by atoms with E-state index >= 15 is 0 Å². The smallest absolute Gasteiger partial charge is 0.340 e. The quantitative estimate of drug-likeness (QED) is 0.785. The number of carbonyl (C=O) groups is 2. The summed E-state index contributed by atoms with van der Waals surface area (Å²) in [4.78, 5) is 26.3. The number of aromatic amines is 1. The van der Waals surface area contributed by atoms with Crippen LogP contribution in [-0.4, -0.2) is 30.0 Å². The van der Waals surface area contributed by atoms with Crippen LogP contribution in [0.3, 0.4) is 0 Å². The lowest BCUT2D eigenvalue weighted by Gasteiger charge is -2.08. The van der Waals surface area contributed by atoms with Gasteiger partial charge in [-0.2, -0.15) is 0 Å². The Morgan fingerprint density at radius 3 is 2.35 bits per heavy atom. The minimum absolute atomic E-state index is 0.181. The van der Waals surface area contributed by atoms with Gasteiger partial charge in [0, 0.05) is 12.7 Å². The summed E-state index contributed by atoms with van der Waals surface area (Å²) >= 11 is 0. The first-order valence-electron chi connectivity index (χ1n) is 5.50. The number of ether oxygens (including phenoxy) is 1. The molecule has 0 unspecified atom stereocenters. The van der Waals surface area contributed by atoms with Gasteiger partial charge in [-0.1, -0.05) is 0 Å². The summed E-state index contributed by atoms with van der Waals surface area (Å²) < 4.78 is 5.13. The lowest BCUT2D eigenvalue weighted by Crippen LogP contribution is -2.19. The topological polar surface area (TPSA) is 71.2 Å². The number of aryl methyl sites for hydroxylation is 1. The number of amides is 1. The molecule has 17 heavy (non-hydrogen) atoms. The largest absolute Gasteiger partial charge is 0.459 e. The van der Waals surface area contributed by atoms with Crippen LogP contribution in [0.4, 0.5) is 0 Å². The Bertz CT molecular complexity index is 447. The molecule has 2 N–H and O–H groups in total. The number of carbonyl (C=O) groups excluding carboxylic acids is 2. The summed E-state index contributed by atoms with van der Waals surface area (Å²) in [6, 6.07) is 0. The highest BCUT2D eigenvalue weighted by Crippen LogP contribution is 2.19. The van der Waals surface area contributed by atoms with Crippen molar-refractivity contribution in [1.82, 2.24) is 10.3 Å². The first kappa shape index (κ1) is 13.3. The Hall–Kier alpha value is -1.78. The second-order valence-electron chi connectivity index (χ2n) is 4.16. The van der Waals surface area contributed by atoms with E-state index in [0.717, 1.165) is 0 Å². The molecular weight excluding hydrogens is 220 g/mol. The molecule has 0 aliphatic heterocycles. The molecule has 0 aliphatic rings. The number of hydrogen-bond donors (Lipinski definition) is 2. The number of aromatic nitrogens is 1. The van der Waals surface area contributed by atoms with Crippen LogP contribution in [0.5, 0.6) is 0 Å². The van der Waals surface area contributed by atoms with Crippen LogP contribution < -0.4 is 5.32 Å². The van der Waals surface area contributed by atoms with Crippen molar-refractivity contribution < 1.29 is 14.3 Å². The van der Waals surface area contributed by atoms with Crippen LogP contribution in [0.15, 0.2) is 0 Å². The van der Waals surface area contributed by atoms with E-state index in [1.54, 1.807) is 34.7 Å². The zero-order valence-electron chi connectivity index (χ0n) is 10.8. The van der Waals surface area contributed by atoms with E-state index in [9.17, 15) is 9.59 Å². The monoisotopic (exact) mass is 238 g/mol. The molecule has 0 atom stereocenters. The number of esters is 1. The third-order valence-corrected chi connectivity index (χ3v) is 2.44. The minimum atomic E-state index is -0.401. The molecule has 1 amide bonds. The molecule has 0 radical (unpaired) electrons. The minimum Gasteiger partial charge on any atom is -0.459 e. The fraction of sp³-hybridized carbons (Fsp3) is 0.500. The van der Waals surface area contributed by atoms with Gasteiger partial charge in [0.2, 0.25) is 0 Å². The molecule has 0 aromatic carbocycles. The van der Waals surface area contributed by atoms with Crippen LogP contribution >= 0.6 is 0 Å². The number of nitrogens with one attached hydrogen (secondary N) is 2. The molecule has 0 bridgehead atoms. The number of H-pyrrole nitrogens is 1. The number of hydrogen-bond acceptors (Lipinski definition) is 3. The van der Waals surface area contributed by atoms with Crippen molar-refractivity contribution in [3.05, 3.63) is 22.5 Å². The molecule has 0 aliphatic carbocycles. The standard InChI is InChI=1S/C12H18N2O3/c1-6(2)17-12(16)9-7(3)10(11(15)13-5)14-8(9)4/h6,14H,1-5H3,(H,13,15). The molecule has 1 rings (SSSR count). The predicted molar refractivity (Wildman–Crippen MR) is 64.2 cm³/mol. The second-order valence-corrected chi connectivity index (χ2v) is 4.16. The van der Waals surface area contributed by atoms with Crippen molar-refractivity contribution in [1.29, 1.82) is 0 Å². The van der Waals surface area contributed by atoms with Crippen LogP contribution in [-0.2, 0) is 4.74 Å². The summed E-state index contributed by atoms with van der Waals surface area (Å²) in [6.07, 6.45) is -0.181. The van der Waals surface area contributed by atoms with Crippen molar-refractivity contribution >= 4 is 11.9 Å². The maximum Gasteiger partial charge on any atom is 0.340 e. The molecule has 1 aromatic heterocycles. The van der Waals surface area contributed by atoms with Crippen molar-refractivity contribution in [3.8, 4) is 0 Å². The molecule has 0 spiro atoms. The summed E-state index contributed by atoms with van der Waals surface area (Å²) in [5.41, 5.74) is 2.11. The lowest BCUT2D eigenvalue weighted by molar-refractivity contribution is 0.0376. The highest BCUT2D eigenvalue weighted by molar-refractivity contribution is 6.00. The van der Waals surface area contributed by atoms with Gasteiger partial charge in [0.25, 0.3) is 5.91 Å². The Labute approximate surface area is 101 Å². The average Bonchev–Trinajstić information content (AvgIpc) is 2.52. The van der Waals surface area contributed by atoms with Crippen LogP contribution in [0.1, 0.15) is 46.0 Å². The van der Waals surface area contributed by atoms with Crippen molar-refractivity contribution in [2.24, 2.45) is 0 Å². The van der Waals surface area contributed by atoms with Gasteiger partial charge < -0.3 is 15.0 Å². The van der Waals surface area contributed by atoms with Gasteiger partial charge in [0.15, 0.2) is 0 Å². The van der Waals surface area contributed by atoms with Crippen molar-refractivity contribution in [2.45, 2.75) is 33.8 Å². The third-order valence-electron chi connectivity index (χ3n) is 2.44. The lowest BCUT2D eigenvalue weighted by atomic mass is 10.1. The van der Waals surface area contributed by atoms with Crippen molar-refractivity contribution in [2.75, 3.05) is 7.05 Å². The van der Waals surface area contributed by atoms with Crippen LogP contribution in [0.25, 0.3) is 0 Å². The maximum absolute atomic E-state index is 11.8. The van der Waals surface area contributed by atoms with Gasteiger partial charge in [-0.3, -0.25) is 4.79 Å². The van der Waals surface area contributed by atoms with Gasteiger partial charge in [0.1, 0.15) is 5.69 Å². The predicted octanol–water partition coefficient (Wildman–Crippen LogP) is 1.56. The van der Waals surface area contributed by atoms with Crippen LogP contribution in [0.2, 0.25) is 0 Å². The molecule has 94 valence electrons. The molecule has 0 fully saturated rings. The van der Waals surface area contributed by atoms with Crippen LogP contribution in [0, 0.1) is 13.8 Å². The zero-order chi connectivity index (χ0) is 13.2. The van der Waals surface area contributed by atoms with Gasteiger partial charge in [0.05, 0.1) is 11.7 Å². The Morgan fingerprint density at radius 2 is 1.88 bits per heavy atom. The normalized spacial score (nSPS) is 10.5. The summed E-state index contributed by atoms with van der Waals surface area (Å²) in [5, 5.41) is 2.52. The van der Waals surface area contributed by atoms with E-state index in [1.165, 1.54) is 0 Å². The highest BCUT2D eigenvalue weighted by Gasteiger charge is 2.22. The van der Waals surface area contributed by atoms with Gasteiger partial charge >= 0.3 is 5.97 Å². The first-order valence-corrected chi connectivity index (χ1v) is 5.50. The molecule has 5 heteroatoms. The average molecular weight is 238 g/mol. The van der Waals surface area contributed by atoms with E-state index in [-0.39, 0.29) is 12.0 Å². The van der Waals surface area contributed by atoms with E-state index < -0.39 is 5.97 Å². The Kier molecular flexibility index (Phi) is 3.93. The highest BCUT2D eigenvalue weighted by atomic mass is 16.5. The molecule has 1 heterocycles. The van der Waals surface area contributed by atoms with E-state index in [4.69, 9.17) is 4.74 Å². The molecule has 5 nitrogen and oxygen atoms in total. The SMILES string of the molecule is CNC(=O)c1[nH]c(C)c(C(=O)OC(C)C)c1C. The Morgan fingerprint density at radius 1 is 1.29 bits per heavy atom. The molecule has 0 saturated carbocycles. The van der Waals surface area contributed by atoms with Gasteiger partial charge in [-0.25, -0.2) is 4.79 Å². The first-order chi connectivity index (χ1) is 7.88. The molecular formula is C12H18N2O3. The molecule has 0 saturated heterocycles. The maximum atomic E-state index is 11.8. The van der Waals surface area contributed by atoms with E-state index in [0.29, 0.717) is 22.5 Å². The third kappa shape index (κ3) is 2.67. The van der Waals surface area contributed by atoms with Gasteiger partial charge in [-0.05, 0) is 33.3 Å². The summed E-state index contributed by atoms with van der Waals surface area (Å²) in [6.45, 7) is 7.05. The zero-order valence-corrected chi connectivity index (χ0v) is 10.8. The van der Waals surface area contributed by atoms with Gasteiger partial charge in [-0.15, -0.1) is 0 Å². The summed E-state index contributed by atoms with van der Waals surface area (Å²) in [5.74, 6) is -0.643. The second kappa shape index (κ2) is 5.03. The fourth-order valence-corrected chi connectivity index (χ4v) is 1.68. The summed E-state index contributed by atoms with van der Waals surface area (Å²) in [7, 11) is 1.55. The van der Waals surface area contributed by atoms with Crippen molar-refractivity contribution in [3.63, 3.8) is 0 Å². The van der Waals surface area contributed by atoms with E-state index in [1.807, 2.05) is 0 Å². The fourth-order valence-electron chi connectivity index (χ4n) is 1.68. The molecule has 1 aromatic rings.